The molecule has 0 aliphatic carbocycles. The highest BCUT2D eigenvalue weighted by molar-refractivity contribution is 6.35. The van der Waals surface area contributed by atoms with E-state index in [0.717, 1.165) is 16.8 Å². The summed E-state index contributed by atoms with van der Waals surface area (Å²) >= 11 is 12.3. The van der Waals surface area contributed by atoms with Gasteiger partial charge in [0.2, 0.25) is 5.88 Å². The van der Waals surface area contributed by atoms with Crippen molar-refractivity contribution >= 4 is 23.2 Å². The molecular weight excluding hydrogens is 407 g/mol. The summed E-state index contributed by atoms with van der Waals surface area (Å²) in [6, 6.07) is 13.4. The lowest BCUT2D eigenvalue weighted by Gasteiger charge is -2.08. The average Bonchev–Trinajstić information content (AvgIpc) is 2.74. The van der Waals surface area contributed by atoms with E-state index < -0.39 is 0 Å². The Hall–Kier alpha value is -3.02. The second-order valence-electron chi connectivity index (χ2n) is 6.31. The molecule has 0 aliphatic rings. The van der Waals surface area contributed by atoms with Crippen LogP contribution < -0.4 is 4.74 Å². The molecular formula is C22H15Cl2N4O. The fourth-order valence-corrected chi connectivity index (χ4v) is 3.20. The van der Waals surface area contributed by atoms with E-state index in [1.165, 1.54) is 6.20 Å². The fraction of sp³-hybridized carbons (Fsp3) is 0.0909. The van der Waals surface area contributed by atoms with Gasteiger partial charge in [-0.25, -0.2) is 19.9 Å². The second-order valence-corrected chi connectivity index (χ2v) is 7.13. The second kappa shape index (κ2) is 8.55. The molecule has 0 aliphatic heterocycles. The van der Waals surface area contributed by atoms with Crippen molar-refractivity contribution in [2.75, 3.05) is 0 Å². The van der Waals surface area contributed by atoms with Crippen molar-refractivity contribution in [2.24, 2.45) is 0 Å². The van der Waals surface area contributed by atoms with Gasteiger partial charge in [-0.2, -0.15) is 0 Å². The lowest BCUT2D eigenvalue weighted by Crippen LogP contribution is -2.00. The van der Waals surface area contributed by atoms with Gasteiger partial charge in [0.1, 0.15) is 24.2 Å². The smallest absolute Gasteiger partial charge is 0.232 e. The summed E-state index contributed by atoms with van der Waals surface area (Å²) in [7, 11) is 0. The monoisotopic (exact) mass is 421 g/mol. The lowest BCUT2D eigenvalue weighted by atomic mass is 10.1. The minimum Gasteiger partial charge on any atom is -0.472 e. The summed E-state index contributed by atoms with van der Waals surface area (Å²) < 4.78 is 5.64. The van der Waals surface area contributed by atoms with E-state index in [1.807, 2.05) is 25.1 Å². The van der Waals surface area contributed by atoms with Crippen LogP contribution in [0, 0.1) is 13.1 Å². The van der Waals surface area contributed by atoms with Crippen LogP contribution in [-0.4, -0.2) is 19.9 Å². The summed E-state index contributed by atoms with van der Waals surface area (Å²) in [6.07, 6.45) is 7.71. The quantitative estimate of drug-likeness (QED) is 0.419. The lowest BCUT2D eigenvalue weighted by molar-refractivity contribution is 0.292. The Morgan fingerprint density at radius 3 is 2.31 bits per heavy atom. The summed E-state index contributed by atoms with van der Waals surface area (Å²) in [5.41, 5.74) is 4.67. The van der Waals surface area contributed by atoms with E-state index >= 15 is 0 Å². The SMILES string of the molecule is Cc1cccc(-c2cnc(-c3cnc(OCc4c(Cl)cccc4Cl)cn3)[c]n2)c1. The first-order valence-corrected chi connectivity index (χ1v) is 9.55. The minimum absolute atomic E-state index is 0.198. The normalized spacial score (nSPS) is 10.7. The third-order valence-electron chi connectivity index (χ3n) is 4.21. The van der Waals surface area contributed by atoms with Crippen molar-refractivity contribution in [2.45, 2.75) is 13.5 Å². The van der Waals surface area contributed by atoms with Crippen LogP contribution >= 0.6 is 23.2 Å². The van der Waals surface area contributed by atoms with Crippen molar-refractivity contribution in [3.05, 3.63) is 88.4 Å². The maximum absolute atomic E-state index is 6.15. The highest BCUT2D eigenvalue weighted by Crippen LogP contribution is 2.25. The van der Waals surface area contributed by atoms with Crippen LogP contribution in [0.2, 0.25) is 10.0 Å². The van der Waals surface area contributed by atoms with Gasteiger partial charge in [-0.05, 0) is 25.1 Å². The van der Waals surface area contributed by atoms with Crippen LogP contribution in [0.4, 0.5) is 0 Å². The van der Waals surface area contributed by atoms with Gasteiger partial charge >= 0.3 is 0 Å². The Bertz CT molecular complexity index is 1110. The van der Waals surface area contributed by atoms with Gasteiger partial charge in [0, 0.05) is 21.2 Å². The maximum atomic E-state index is 6.15. The van der Waals surface area contributed by atoms with E-state index in [9.17, 15) is 0 Å². The number of nitrogens with zero attached hydrogens (tertiary/aromatic N) is 4. The number of ether oxygens (including phenoxy) is 1. The summed E-state index contributed by atoms with van der Waals surface area (Å²) in [4.78, 5) is 17.4. The van der Waals surface area contributed by atoms with Crippen molar-refractivity contribution in [3.63, 3.8) is 0 Å². The van der Waals surface area contributed by atoms with Gasteiger partial charge in [-0.1, -0.05) is 53.0 Å². The topological polar surface area (TPSA) is 60.8 Å². The zero-order chi connectivity index (χ0) is 20.2. The molecule has 2 aromatic heterocycles. The van der Waals surface area contributed by atoms with Gasteiger partial charge < -0.3 is 4.74 Å². The zero-order valence-electron chi connectivity index (χ0n) is 15.4. The van der Waals surface area contributed by atoms with Crippen molar-refractivity contribution < 1.29 is 4.74 Å². The largest absolute Gasteiger partial charge is 0.472 e. The molecule has 5 nitrogen and oxygen atoms in total. The molecule has 0 spiro atoms. The van der Waals surface area contributed by atoms with Crippen LogP contribution in [0.5, 0.6) is 5.88 Å². The molecule has 7 heteroatoms. The van der Waals surface area contributed by atoms with Gasteiger partial charge in [0.25, 0.3) is 0 Å². The third-order valence-corrected chi connectivity index (χ3v) is 4.92. The van der Waals surface area contributed by atoms with Crippen molar-refractivity contribution in [3.8, 4) is 28.5 Å². The Labute approximate surface area is 178 Å². The first-order chi connectivity index (χ1) is 14.1. The summed E-state index contributed by atoms with van der Waals surface area (Å²) in [5.74, 6) is 0.356. The third kappa shape index (κ3) is 4.53. The van der Waals surface area contributed by atoms with Crippen molar-refractivity contribution in [1.82, 2.24) is 19.9 Å². The molecule has 0 saturated carbocycles. The molecule has 0 amide bonds. The van der Waals surface area contributed by atoms with E-state index in [0.29, 0.717) is 32.9 Å². The number of aromatic nitrogens is 4. The highest BCUT2D eigenvalue weighted by Gasteiger charge is 2.09. The summed E-state index contributed by atoms with van der Waals surface area (Å²) in [5, 5.41) is 1.08. The fourth-order valence-electron chi connectivity index (χ4n) is 2.69. The van der Waals surface area contributed by atoms with E-state index in [1.54, 1.807) is 30.6 Å². The molecule has 1 radical (unpaired) electrons. The molecule has 4 rings (SSSR count). The zero-order valence-corrected chi connectivity index (χ0v) is 16.9. The van der Waals surface area contributed by atoms with Gasteiger partial charge in [-0.3, -0.25) is 0 Å². The Kier molecular flexibility index (Phi) is 5.69. The van der Waals surface area contributed by atoms with Gasteiger partial charge in [0.15, 0.2) is 0 Å². The first kappa shape index (κ1) is 19.3. The molecule has 0 bridgehead atoms. The average molecular weight is 422 g/mol. The van der Waals surface area contributed by atoms with Crippen LogP contribution in [0.25, 0.3) is 22.6 Å². The number of aryl methyl sites for hydroxylation is 1. The number of hydrogen-bond donors (Lipinski definition) is 0. The molecule has 0 N–H and O–H groups in total. The highest BCUT2D eigenvalue weighted by atomic mass is 35.5. The Morgan fingerprint density at radius 2 is 1.66 bits per heavy atom. The Morgan fingerprint density at radius 1 is 0.897 bits per heavy atom. The van der Waals surface area contributed by atoms with E-state index in [2.05, 4.69) is 32.2 Å². The number of hydrogen-bond acceptors (Lipinski definition) is 5. The standard InChI is InChI=1S/C22H15Cl2N4O/c1-14-4-2-5-15(8-14)19-9-26-20(10-25-19)21-11-28-22(12-27-21)29-13-16-17(23)6-3-7-18(16)24/h2-9,11-12H,13H2,1H3. The molecule has 2 heterocycles. The molecule has 2 aromatic carbocycles. The number of benzene rings is 2. The van der Waals surface area contributed by atoms with Gasteiger partial charge in [0.05, 0.1) is 24.3 Å². The van der Waals surface area contributed by atoms with Crippen LogP contribution in [0.15, 0.2) is 61.1 Å². The van der Waals surface area contributed by atoms with Gasteiger partial charge in [-0.15, -0.1) is 0 Å². The molecule has 4 aromatic rings. The molecule has 0 saturated heterocycles. The molecule has 143 valence electrons. The van der Waals surface area contributed by atoms with Crippen LogP contribution in [-0.2, 0) is 6.61 Å². The van der Waals surface area contributed by atoms with Crippen molar-refractivity contribution in [1.29, 1.82) is 0 Å². The van der Waals surface area contributed by atoms with E-state index in [4.69, 9.17) is 27.9 Å². The number of rotatable bonds is 5. The van der Waals surface area contributed by atoms with E-state index in [-0.39, 0.29) is 6.61 Å². The number of halogens is 2. The van der Waals surface area contributed by atoms with Crippen LogP contribution in [0.3, 0.4) is 0 Å². The maximum Gasteiger partial charge on any atom is 0.232 e. The molecule has 0 atom stereocenters. The predicted molar refractivity (Wildman–Crippen MR) is 113 cm³/mol. The predicted octanol–water partition coefficient (Wildman–Crippen LogP) is 5.60. The molecule has 0 unspecified atom stereocenters. The first-order valence-electron chi connectivity index (χ1n) is 8.80. The summed E-state index contributed by atoms with van der Waals surface area (Å²) in [6.45, 7) is 2.23. The Balaban J connectivity index is 1.46. The molecule has 29 heavy (non-hydrogen) atoms. The molecule has 0 fully saturated rings. The minimum atomic E-state index is 0.198. The van der Waals surface area contributed by atoms with Crippen LogP contribution in [0.1, 0.15) is 11.1 Å².